The van der Waals surface area contributed by atoms with Crippen molar-refractivity contribution >= 4 is 17.4 Å². The lowest BCUT2D eigenvalue weighted by Crippen LogP contribution is -2.24. The number of esters is 1. The van der Waals surface area contributed by atoms with Gasteiger partial charge in [-0.3, -0.25) is 5.41 Å². The molecule has 0 aliphatic heterocycles. The van der Waals surface area contributed by atoms with Gasteiger partial charge in [-0.1, -0.05) is 0 Å². The number of nitrogens with one attached hydrogen (secondary N) is 1. The molecule has 0 fully saturated rings. The molecule has 17 heavy (non-hydrogen) atoms. The zero-order chi connectivity index (χ0) is 13.2. The van der Waals surface area contributed by atoms with Crippen LogP contribution in [-0.2, 0) is 4.74 Å². The SMILES string of the molecule is COC(=O)c1ccc(C(=N)C(F)(F)F)c(N)c1. The molecule has 0 amide bonds. The quantitative estimate of drug-likeness (QED) is 0.476. The number of nitrogen functional groups attached to an aromatic ring is 1. The maximum atomic E-state index is 12.3. The van der Waals surface area contributed by atoms with Crippen LogP contribution in [-0.4, -0.2) is 25.0 Å². The van der Waals surface area contributed by atoms with Crippen LogP contribution >= 0.6 is 0 Å². The average molecular weight is 246 g/mol. The summed E-state index contributed by atoms with van der Waals surface area (Å²) < 4.78 is 41.2. The Labute approximate surface area is 94.7 Å². The Balaban J connectivity index is 3.15. The van der Waals surface area contributed by atoms with Crippen molar-refractivity contribution in [3.05, 3.63) is 29.3 Å². The number of alkyl halides is 3. The average Bonchev–Trinajstić information content (AvgIpc) is 2.25. The van der Waals surface area contributed by atoms with Crippen molar-refractivity contribution in [2.45, 2.75) is 6.18 Å². The molecule has 0 aromatic heterocycles. The Morgan fingerprint density at radius 2 is 2.00 bits per heavy atom. The molecule has 0 aliphatic rings. The van der Waals surface area contributed by atoms with E-state index in [4.69, 9.17) is 11.1 Å². The van der Waals surface area contributed by atoms with Crippen molar-refractivity contribution < 1.29 is 22.7 Å². The highest BCUT2D eigenvalue weighted by Gasteiger charge is 2.36. The van der Waals surface area contributed by atoms with Crippen molar-refractivity contribution in [3.63, 3.8) is 0 Å². The van der Waals surface area contributed by atoms with E-state index in [9.17, 15) is 18.0 Å². The Morgan fingerprint density at radius 1 is 1.41 bits per heavy atom. The summed E-state index contributed by atoms with van der Waals surface area (Å²) in [6, 6.07) is 3.14. The monoisotopic (exact) mass is 246 g/mol. The van der Waals surface area contributed by atoms with Crippen LogP contribution in [0, 0.1) is 5.41 Å². The number of methoxy groups -OCH3 is 1. The number of carbonyl (C=O) groups excluding carboxylic acids is 1. The number of anilines is 1. The smallest absolute Gasteiger partial charge is 0.433 e. The largest absolute Gasteiger partial charge is 0.465 e. The lowest BCUT2D eigenvalue weighted by Gasteiger charge is -2.11. The fourth-order valence-electron chi connectivity index (χ4n) is 1.19. The van der Waals surface area contributed by atoms with Crippen LogP contribution in [0.1, 0.15) is 15.9 Å². The van der Waals surface area contributed by atoms with E-state index >= 15 is 0 Å². The molecule has 1 rings (SSSR count). The zero-order valence-electron chi connectivity index (χ0n) is 8.76. The van der Waals surface area contributed by atoms with E-state index in [2.05, 4.69) is 4.74 Å². The number of rotatable bonds is 2. The number of carbonyl (C=O) groups is 1. The van der Waals surface area contributed by atoms with E-state index in [0.29, 0.717) is 0 Å². The lowest BCUT2D eigenvalue weighted by molar-refractivity contribution is -0.0587. The van der Waals surface area contributed by atoms with Gasteiger partial charge in [-0.15, -0.1) is 0 Å². The van der Waals surface area contributed by atoms with Gasteiger partial charge in [0.05, 0.1) is 12.7 Å². The molecule has 0 radical (unpaired) electrons. The number of halogens is 3. The summed E-state index contributed by atoms with van der Waals surface area (Å²) in [7, 11) is 1.14. The Hall–Kier alpha value is -2.05. The van der Waals surface area contributed by atoms with E-state index in [1.807, 2.05) is 0 Å². The van der Waals surface area contributed by atoms with Gasteiger partial charge in [0, 0.05) is 11.3 Å². The Morgan fingerprint density at radius 3 is 2.41 bits per heavy atom. The van der Waals surface area contributed by atoms with Crippen LogP contribution in [0.5, 0.6) is 0 Å². The van der Waals surface area contributed by atoms with Gasteiger partial charge < -0.3 is 10.5 Å². The van der Waals surface area contributed by atoms with Gasteiger partial charge in [0.15, 0.2) is 0 Å². The third kappa shape index (κ3) is 2.74. The first-order valence-electron chi connectivity index (χ1n) is 4.41. The van der Waals surface area contributed by atoms with Gasteiger partial charge in [0.1, 0.15) is 5.71 Å². The van der Waals surface area contributed by atoms with Crippen molar-refractivity contribution in [2.24, 2.45) is 0 Å². The molecule has 92 valence electrons. The zero-order valence-corrected chi connectivity index (χ0v) is 8.76. The topological polar surface area (TPSA) is 76.2 Å². The summed E-state index contributed by atoms with van der Waals surface area (Å²) in [4.78, 5) is 11.1. The van der Waals surface area contributed by atoms with Gasteiger partial charge in [-0.05, 0) is 18.2 Å². The number of benzene rings is 1. The fourth-order valence-corrected chi connectivity index (χ4v) is 1.19. The molecule has 0 spiro atoms. The van der Waals surface area contributed by atoms with E-state index < -0.39 is 23.4 Å². The summed E-state index contributed by atoms with van der Waals surface area (Å²) in [5, 5.41) is 6.92. The highest BCUT2D eigenvalue weighted by molar-refractivity contribution is 6.07. The Bertz CT molecular complexity index is 469. The van der Waals surface area contributed by atoms with Crippen LogP contribution in [0.15, 0.2) is 18.2 Å². The number of hydrogen-bond donors (Lipinski definition) is 2. The molecule has 4 nitrogen and oxygen atoms in total. The predicted molar refractivity (Wildman–Crippen MR) is 55.1 cm³/mol. The van der Waals surface area contributed by atoms with E-state index in [1.54, 1.807) is 0 Å². The molecule has 0 unspecified atom stereocenters. The molecule has 0 aliphatic carbocycles. The maximum absolute atomic E-state index is 12.3. The van der Waals surface area contributed by atoms with Crippen LogP contribution < -0.4 is 5.73 Å². The molecule has 0 atom stereocenters. The van der Waals surface area contributed by atoms with Gasteiger partial charge >= 0.3 is 12.1 Å². The van der Waals surface area contributed by atoms with Gasteiger partial charge in [-0.2, -0.15) is 13.2 Å². The highest BCUT2D eigenvalue weighted by atomic mass is 19.4. The highest BCUT2D eigenvalue weighted by Crippen LogP contribution is 2.25. The molecule has 7 heteroatoms. The minimum absolute atomic E-state index is 0.0312. The minimum Gasteiger partial charge on any atom is -0.465 e. The molecular formula is C10H9F3N2O2. The summed E-state index contributed by atoms with van der Waals surface area (Å²) in [5.41, 5.74) is 3.08. The summed E-state index contributed by atoms with van der Waals surface area (Å²) in [5.74, 6) is -0.707. The number of ether oxygens (including phenoxy) is 1. The molecule has 1 aromatic carbocycles. The summed E-state index contributed by atoms with van der Waals surface area (Å²) >= 11 is 0. The second-order valence-electron chi connectivity index (χ2n) is 3.17. The van der Waals surface area contributed by atoms with Crippen molar-refractivity contribution in [1.29, 1.82) is 5.41 Å². The van der Waals surface area contributed by atoms with Gasteiger partial charge in [0.2, 0.25) is 0 Å². The van der Waals surface area contributed by atoms with E-state index in [1.165, 1.54) is 0 Å². The second-order valence-corrected chi connectivity index (χ2v) is 3.17. The minimum atomic E-state index is -4.78. The summed E-state index contributed by atoms with van der Waals surface area (Å²) in [6.07, 6.45) is -4.78. The third-order valence-corrected chi connectivity index (χ3v) is 2.03. The van der Waals surface area contributed by atoms with Crippen molar-refractivity contribution in [3.8, 4) is 0 Å². The molecule has 0 saturated carbocycles. The first kappa shape index (κ1) is 13.0. The van der Waals surface area contributed by atoms with Gasteiger partial charge in [0.25, 0.3) is 0 Å². The molecule has 1 aromatic rings. The molecule has 0 bridgehead atoms. The van der Waals surface area contributed by atoms with E-state index in [-0.39, 0.29) is 11.3 Å². The summed E-state index contributed by atoms with van der Waals surface area (Å²) in [6.45, 7) is 0. The molecule has 0 heterocycles. The first-order valence-corrected chi connectivity index (χ1v) is 4.41. The van der Waals surface area contributed by atoms with E-state index in [0.717, 1.165) is 25.3 Å². The molecule has 0 saturated heterocycles. The van der Waals surface area contributed by atoms with Gasteiger partial charge in [-0.25, -0.2) is 4.79 Å². The third-order valence-electron chi connectivity index (χ3n) is 2.03. The van der Waals surface area contributed by atoms with Crippen LogP contribution in [0.2, 0.25) is 0 Å². The second kappa shape index (κ2) is 4.44. The van der Waals surface area contributed by atoms with Crippen LogP contribution in [0.3, 0.4) is 0 Å². The number of hydrogen-bond acceptors (Lipinski definition) is 4. The predicted octanol–water partition coefficient (Wildman–Crippen LogP) is 1.99. The maximum Gasteiger partial charge on any atom is 0.433 e. The van der Waals surface area contributed by atoms with Crippen molar-refractivity contribution in [2.75, 3.05) is 12.8 Å². The Kier molecular flexibility index (Phi) is 3.40. The van der Waals surface area contributed by atoms with Crippen molar-refractivity contribution in [1.82, 2.24) is 0 Å². The molecule has 3 N–H and O–H groups in total. The lowest BCUT2D eigenvalue weighted by atomic mass is 10.0. The standard InChI is InChI=1S/C10H9F3N2O2/c1-17-9(16)5-2-3-6(7(14)4-5)8(15)10(11,12)13/h2-4,15H,14H2,1H3. The first-order chi connectivity index (χ1) is 7.77. The van der Waals surface area contributed by atoms with Crippen LogP contribution in [0.25, 0.3) is 0 Å². The fraction of sp³-hybridized carbons (Fsp3) is 0.200. The normalized spacial score (nSPS) is 11.1. The van der Waals surface area contributed by atoms with Crippen LogP contribution in [0.4, 0.5) is 18.9 Å². The number of nitrogens with two attached hydrogens (primary N) is 1. The molecular weight excluding hydrogens is 237 g/mol.